The molecule has 0 fully saturated rings. The van der Waals surface area contributed by atoms with Gasteiger partial charge < -0.3 is 5.11 Å². The Hall–Kier alpha value is -3.67. The van der Waals surface area contributed by atoms with E-state index in [0.29, 0.717) is 18.4 Å². The molecule has 2 atom stereocenters. The smallest absolute Gasteiger partial charge is 0.335 e. The number of carboxylic acid groups (broad SMARTS) is 1. The zero-order valence-corrected chi connectivity index (χ0v) is 15.1. The molecule has 1 N–H and O–H groups in total. The summed E-state index contributed by atoms with van der Waals surface area (Å²) in [6, 6.07) is 7.38. The third kappa shape index (κ3) is 2.38. The largest absolute Gasteiger partial charge is 0.478 e. The number of ketones is 4. The summed E-state index contributed by atoms with van der Waals surface area (Å²) in [5, 5.41) is 9.32. The molecule has 0 aromatic heterocycles. The van der Waals surface area contributed by atoms with E-state index in [2.05, 4.69) is 0 Å². The van der Waals surface area contributed by atoms with Gasteiger partial charge in [0.2, 0.25) is 0 Å². The van der Waals surface area contributed by atoms with Crippen LogP contribution in [0, 0.1) is 5.92 Å². The van der Waals surface area contributed by atoms with Gasteiger partial charge in [0.15, 0.2) is 23.1 Å². The fraction of sp³-hybridized carbons (Fsp3) is 0.174. The molecule has 2 aromatic carbocycles. The van der Waals surface area contributed by atoms with Crippen molar-refractivity contribution in [1.29, 1.82) is 0 Å². The molecule has 0 saturated carbocycles. The summed E-state index contributed by atoms with van der Waals surface area (Å²) in [6.45, 7) is 0. The van der Waals surface area contributed by atoms with Crippen LogP contribution in [0.1, 0.15) is 75.3 Å². The fourth-order valence-corrected chi connectivity index (χ4v) is 4.66. The van der Waals surface area contributed by atoms with Crippen molar-refractivity contribution in [3.63, 3.8) is 0 Å². The van der Waals surface area contributed by atoms with Crippen LogP contribution in [0.2, 0.25) is 0 Å². The number of aromatic carboxylic acids is 1. The first-order chi connectivity index (χ1) is 13.9. The van der Waals surface area contributed by atoms with E-state index in [1.165, 1.54) is 30.3 Å². The molecule has 0 bridgehead atoms. The van der Waals surface area contributed by atoms with Crippen molar-refractivity contribution in [2.24, 2.45) is 5.92 Å². The minimum Gasteiger partial charge on any atom is -0.478 e. The highest BCUT2D eigenvalue weighted by atomic mass is 16.4. The lowest BCUT2D eigenvalue weighted by atomic mass is 9.64. The first-order valence-electron chi connectivity index (χ1n) is 9.26. The van der Waals surface area contributed by atoms with Gasteiger partial charge in [-0.1, -0.05) is 6.07 Å². The minimum absolute atomic E-state index is 0.0619. The van der Waals surface area contributed by atoms with E-state index in [1.54, 1.807) is 6.07 Å². The van der Waals surface area contributed by atoms with Crippen molar-refractivity contribution in [2.75, 3.05) is 0 Å². The third-order valence-corrected chi connectivity index (χ3v) is 6.08. The van der Waals surface area contributed by atoms with E-state index in [1.807, 2.05) is 0 Å². The highest BCUT2D eigenvalue weighted by Gasteiger charge is 2.45. The van der Waals surface area contributed by atoms with E-state index in [4.69, 9.17) is 0 Å². The first-order valence-corrected chi connectivity index (χ1v) is 9.26. The summed E-state index contributed by atoms with van der Waals surface area (Å²) >= 11 is 0. The van der Waals surface area contributed by atoms with E-state index in [-0.39, 0.29) is 51.0 Å². The average molecular weight is 386 g/mol. The maximum absolute atomic E-state index is 13.4. The second kappa shape index (κ2) is 5.91. The minimum atomic E-state index is -1.10. The Balaban J connectivity index is 1.71. The van der Waals surface area contributed by atoms with Crippen LogP contribution in [0.3, 0.4) is 0 Å². The molecule has 0 spiro atoms. The number of carbonyl (C=O) groups excluding carboxylic acids is 4. The van der Waals surface area contributed by atoms with Crippen LogP contribution in [-0.2, 0) is 6.42 Å². The van der Waals surface area contributed by atoms with Crippen molar-refractivity contribution < 1.29 is 29.1 Å². The van der Waals surface area contributed by atoms with Crippen molar-refractivity contribution in [3.8, 4) is 0 Å². The zero-order valence-electron chi connectivity index (χ0n) is 15.1. The van der Waals surface area contributed by atoms with Gasteiger partial charge in [0.05, 0.1) is 11.5 Å². The summed E-state index contributed by atoms with van der Waals surface area (Å²) in [5.74, 6) is -3.79. The van der Waals surface area contributed by atoms with E-state index < -0.39 is 17.8 Å². The van der Waals surface area contributed by atoms with Crippen molar-refractivity contribution in [2.45, 2.75) is 18.8 Å². The Bertz CT molecular complexity index is 1220. The molecule has 0 heterocycles. The number of hydrogen-bond donors (Lipinski definition) is 1. The third-order valence-electron chi connectivity index (χ3n) is 6.08. The Labute approximate surface area is 164 Å². The quantitative estimate of drug-likeness (QED) is 0.808. The van der Waals surface area contributed by atoms with Crippen LogP contribution < -0.4 is 0 Å². The lowest BCUT2D eigenvalue weighted by Crippen LogP contribution is -2.38. The Kier molecular flexibility index (Phi) is 3.55. The average Bonchev–Trinajstić information content (AvgIpc) is 2.72. The number of aryl methyl sites for hydroxylation is 1. The Morgan fingerprint density at radius 1 is 0.828 bits per heavy atom. The van der Waals surface area contributed by atoms with Gasteiger partial charge in [-0.15, -0.1) is 0 Å². The summed E-state index contributed by atoms with van der Waals surface area (Å²) in [7, 11) is 0. The number of rotatable bonds is 1. The normalized spacial score (nSPS) is 21.9. The summed E-state index contributed by atoms with van der Waals surface area (Å²) in [5.41, 5.74) is 2.03. The number of fused-ring (bicyclic) bond motifs is 5. The molecule has 29 heavy (non-hydrogen) atoms. The standard InChI is InChI=1S/C23H14O6/c24-18-5-6-19(25)15-9-17-16(8-14(15)18)21(26)12-4-3-10-1-2-11(23(28)29)7-13(10)20(12)22(17)27/h1-2,5-9,12,20H,3-4H2,(H,28,29). The first kappa shape index (κ1) is 17.4. The van der Waals surface area contributed by atoms with Crippen LogP contribution in [0.4, 0.5) is 0 Å². The molecule has 6 nitrogen and oxygen atoms in total. The number of allylic oxidation sites excluding steroid dienone is 2. The van der Waals surface area contributed by atoms with Crippen molar-refractivity contribution in [3.05, 3.63) is 81.4 Å². The predicted octanol–water partition coefficient (Wildman–Crippen LogP) is 3.05. The molecule has 0 saturated heterocycles. The molecule has 0 aliphatic heterocycles. The van der Waals surface area contributed by atoms with Gasteiger partial charge in [-0.3, -0.25) is 19.2 Å². The molecule has 3 aliphatic rings. The SMILES string of the molecule is O=C(O)c1ccc2c(c1)C1C(=O)c3cc4c(cc3C(=O)C1CC2)C(=O)C=CC4=O. The van der Waals surface area contributed by atoms with Crippen LogP contribution in [0.15, 0.2) is 42.5 Å². The summed E-state index contributed by atoms with van der Waals surface area (Å²) < 4.78 is 0. The van der Waals surface area contributed by atoms with Gasteiger partial charge in [0, 0.05) is 28.2 Å². The highest BCUT2D eigenvalue weighted by molar-refractivity contribution is 6.26. The molecule has 0 amide bonds. The zero-order chi connectivity index (χ0) is 20.4. The van der Waals surface area contributed by atoms with Gasteiger partial charge >= 0.3 is 5.97 Å². The molecule has 6 heteroatoms. The molecule has 5 rings (SSSR count). The van der Waals surface area contributed by atoms with E-state index in [9.17, 15) is 29.1 Å². The lowest BCUT2D eigenvalue weighted by molar-refractivity contribution is 0.0695. The molecule has 3 aliphatic carbocycles. The van der Waals surface area contributed by atoms with Crippen LogP contribution in [-0.4, -0.2) is 34.2 Å². The van der Waals surface area contributed by atoms with Crippen LogP contribution in [0.25, 0.3) is 0 Å². The molecule has 0 radical (unpaired) electrons. The monoisotopic (exact) mass is 386 g/mol. The molecule has 2 aromatic rings. The van der Waals surface area contributed by atoms with Gasteiger partial charge in [-0.2, -0.15) is 0 Å². The number of hydrogen-bond acceptors (Lipinski definition) is 5. The van der Waals surface area contributed by atoms with Crippen LogP contribution in [0.5, 0.6) is 0 Å². The van der Waals surface area contributed by atoms with Gasteiger partial charge in [-0.05, 0) is 60.4 Å². The predicted molar refractivity (Wildman–Crippen MR) is 101 cm³/mol. The van der Waals surface area contributed by atoms with Crippen molar-refractivity contribution in [1.82, 2.24) is 0 Å². The van der Waals surface area contributed by atoms with E-state index in [0.717, 1.165) is 11.6 Å². The summed E-state index contributed by atoms with van der Waals surface area (Å²) in [6.07, 6.45) is 3.36. The summed E-state index contributed by atoms with van der Waals surface area (Å²) in [4.78, 5) is 62.4. The molecular formula is C23H14O6. The van der Waals surface area contributed by atoms with Gasteiger partial charge in [0.1, 0.15) is 0 Å². The number of carbonyl (C=O) groups is 5. The maximum atomic E-state index is 13.4. The maximum Gasteiger partial charge on any atom is 0.335 e. The number of benzene rings is 2. The van der Waals surface area contributed by atoms with Crippen molar-refractivity contribution >= 4 is 29.1 Å². The lowest BCUT2D eigenvalue weighted by Gasteiger charge is -2.36. The molecule has 2 unspecified atom stereocenters. The van der Waals surface area contributed by atoms with E-state index >= 15 is 0 Å². The van der Waals surface area contributed by atoms with Crippen LogP contribution >= 0.6 is 0 Å². The van der Waals surface area contributed by atoms with Gasteiger partial charge in [-0.25, -0.2) is 4.79 Å². The Morgan fingerprint density at radius 2 is 1.45 bits per heavy atom. The fourth-order valence-electron chi connectivity index (χ4n) is 4.66. The Morgan fingerprint density at radius 3 is 2.07 bits per heavy atom. The second-order valence-corrected chi connectivity index (χ2v) is 7.58. The highest BCUT2D eigenvalue weighted by Crippen LogP contribution is 2.45. The second-order valence-electron chi connectivity index (χ2n) is 7.58. The number of Topliss-reactive ketones (excluding diaryl/α,β-unsaturated/α-hetero) is 2. The number of carboxylic acids is 1. The molecule has 142 valence electrons. The van der Waals surface area contributed by atoms with Gasteiger partial charge in [0.25, 0.3) is 0 Å². The topological polar surface area (TPSA) is 106 Å². The molecular weight excluding hydrogens is 372 g/mol.